The molecule has 0 aromatic carbocycles. The highest BCUT2D eigenvalue weighted by Crippen LogP contribution is 2.39. The van der Waals surface area contributed by atoms with Crippen LogP contribution in [0.1, 0.15) is 24.5 Å². The van der Waals surface area contributed by atoms with Crippen LogP contribution in [0.3, 0.4) is 0 Å². The average Bonchev–Trinajstić information content (AvgIpc) is 2.87. The molecule has 0 amide bonds. The standard InChI is InChI=1S/C10H9ClN2/c11-8-3-4-9-5-10(7-1-2-7)12-13(9)6-8/h3-7H,1-2H2. The van der Waals surface area contributed by atoms with Crippen LogP contribution >= 0.6 is 11.6 Å². The molecule has 2 aromatic rings. The molecule has 3 rings (SSSR count). The Hall–Kier alpha value is -1.02. The molecule has 66 valence electrons. The number of pyridine rings is 1. The zero-order valence-electron chi connectivity index (χ0n) is 7.07. The van der Waals surface area contributed by atoms with Crippen molar-refractivity contribution in [2.24, 2.45) is 0 Å². The van der Waals surface area contributed by atoms with Crippen molar-refractivity contribution in [2.45, 2.75) is 18.8 Å². The van der Waals surface area contributed by atoms with Crippen molar-refractivity contribution in [1.29, 1.82) is 0 Å². The molecule has 2 nitrogen and oxygen atoms in total. The summed E-state index contributed by atoms with van der Waals surface area (Å²) >= 11 is 5.86. The Morgan fingerprint density at radius 2 is 2.23 bits per heavy atom. The zero-order chi connectivity index (χ0) is 8.84. The van der Waals surface area contributed by atoms with Gasteiger partial charge in [0.2, 0.25) is 0 Å². The lowest BCUT2D eigenvalue weighted by atomic mass is 10.3. The van der Waals surface area contributed by atoms with Crippen LogP contribution in [0.5, 0.6) is 0 Å². The van der Waals surface area contributed by atoms with Gasteiger partial charge in [0.05, 0.1) is 16.2 Å². The summed E-state index contributed by atoms with van der Waals surface area (Å²) in [5.41, 5.74) is 2.34. The Bertz CT molecular complexity index is 457. The summed E-state index contributed by atoms with van der Waals surface area (Å²) in [6, 6.07) is 6.05. The Kier molecular flexibility index (Phi) is 1.41. The number of nitrogens with zero attached hydrogens (tertiary/aromatic N) is 2. The smallest absolute Gasteiger partial charge is 0.0666 e. The molecule has 0 atom stereocenters. The van der Waals surface area contributed by atoms with E-state index >= 15 is 0 Å². The number of fused-ring (bicyclic) bond motifs is 1. The predicted octanol–water partition coefficient (Wildman–Crippen LogP) is 2.87. The van der Waals surface area contributed by atoms with E-state index in [9.17, 15) is 0 Å². The maximum Gasteiger partial charge on any atom is 0.0666 e. The first-order valence-electron chi connectivity index (χ1n) is 4.48. The molecule has 1 saturated carbocycles. The van der Waals surface area contributed by atoms with Crippen LogP contribution in [-0.2, 0) is 0 Å². The molecule has 0 radical (unpaired) electrons. The predicted molar refractivity (Wildman–Crippen MR) is 52.2 cm³/mol. The summed E-state index contributed by atoms with van der Waals surface area (Å²) in [5.74, 6) is 0.707. The van der Waals surface area contributed by atoms with Gasteiger partial charge in [0.25, 0.3) is 0 Å². The molecule has 1 fully saturated rings. The van der Waals surface area contributed by atoms with Gasteiger partial charge in [-0.25, -0.2) is 4.52 Å². The Morgan fingerprint density at radius 1 is 1.38 bits per heavy atom. The van der Waals surface area contributed by atoms with Crippen LogP contribution in [-0.4, -0.2) is 9.61 Å². The summed E-state index contributed by atoms with van der Waals surface area (Å²) in [6.07, 6.45) is 4.43. The molecule has 1 aliphatic carbocycles. The lowest BCUT2D eigenvalue weighted by Crippen LogP contribution is -1.86. The molecule has 0 aliphatic heterocycles. The lowest BCUT2D eigenvalue weighted by molar-refractivity contribution is 0.892. The minimum absolute atomic E-state index is 0.707. The van der Waals surface area contributed by atoms with Crippen LogP contribution in [0, 0.1) is 0 Å². The molecule has 2 aromatic heterocycles. The van der Waals surface area contributed by atoms with Crippen molar-refractivity contribution in [2.75, 3.05) is 0 Å². The summed E-state index contributed by atoms with van der Waals surface area (Å²) in [6.45, 7) is 0. The monoisotopic (exact) mass is 192 g/mol. The van der Waals surface area contributed by atoms with Crippen LogP contribution in [0.15, 0.2) is 24.4 Å². The van der Waals surface area contributed by atoms with Gasteiger partial charge >= 0.3 is 0 Å². The molecule has 0 N–H and O–H groups in total. The molecular formula is C10H9ClN2. The van der Waals surface area contributed by atoms with E-state index in [1.165, 1.54) is 18.5 Å². The fourth-order valence-electron chi connectivity index (χ4n) is 1.56. The van der Waals surface area contributed by atoms with Crippen molar-refractivity contribution < 1.29 is 0 Å². The first-order chi connectivity index (χ1) is 6.33. The van der Waals surface area contributed by atoms with E-state index in [4.69, 9.17) is 11.6 Å². The Labute approximate surface area is 81.1 Å². The first kappa shape index (κ1) is 7.39. The normalized spacial score (nSPS) is 16.7. The quantitative estimate of drug-likeness (QED) is 0.679. The second kappa shape index (κ2) is 2.48. The molecule has 0 bridgehead atoms. The van der Waals surface area contributed by atoms with Crippen LogP contribution in [0.4, 0.5) is 0 Å². The second-order valence-electron chi connectivity index (χ2n) is 3.56. The van der Waals surface area contributed by atoms with Gasteiger partial charge in [-0.1, -0.05) is 11.6 Å². The maximum absolute atomic E-state index is 5.86. The van der Waals surface area contributed by atoms with Gasteiger partial charge in [-0.15, -0.1) is 0 Å². The topological polar surface area (TPSA) is 17.3 Å². The van der Waals surface area contributed by atoms with Crippen molar-refractivity contribution in [3.05, 3.63) is 35.1 Å². The van der Waals surface area contributed by atoms with Crippen LogP contribution in [0.25, 0.3) is 5.52 Å². The van der Waals surface area contributed by atoms with Crippen molar-refractivity contribution in [3.63, 3.8) is 0 Å². The summed E-state index contributed by atoms with van der Waals surface area (Å²) < 4.78 is 1.86. The van der Waals surface area contributed by atoms with Crippen molar-refractivity contribution >= 4 is 17.1 Å². The number of rotatable bonds is 1. The van der Waals surface area contributed by atoms with Crippen molar-refractivity contribution in [3.8, 4) is 0 Å². The van der Waals surface area contributed by atoms with Gasteiger partial charge in [0.15, 0.2) is 0 Å². The highest BCUT2D eigenvalue weighted by Gasteiger charge is 2.26. The van der Waals surface area contributed by atoms with Gasteiger partial charge in [-0.3, -0.25) is 0 Å². The number of hydrogen-bond acceptors (Lipinski definition) is 1. The molecule has 0 unspecified atom stereocenters. The maximum atomic E-state index is 5.86. The summed E-state index contributed by atoms with van der Waals surface area (Å²) in [5, 5.41) is 5.20. The van der Waals surface area contributed by atoms with Gasteiger partial charge in [0, 0.05) is 12.1 Å². The lowest BCUT2D eigenvalue weighted by Gasteiger charge is -1.91. The minimum Gasteiger partial charge on any atom is -0.239 e. The molecule has 0 saturated heterocycles. The largest absolute Gasteiger partial charge is 0.239 e. The fraction of sp³-hybridized carbons (Fsp3) is 0.300. The van der Waals surface area contributed by atoms with Gasteiger partial charge in [-0.2, -0.15) is 5.10 Å². The number of aromatic nitrogens is 2. The molecule has 0 spiro atoms. The average molecular weight is 193 g/mol. The minimum atomic E-state index is 0.707. The van der Waals surface area contributed by atoms with Gasteiger partial charge in [0.1, 0.15) is 0 Å². The number of hydrogen-bond donors (Lipinski definition) is 0. The van der Waals surface area contributed by atoms with E-state index < -0.39 is 0 Å². The molecule has 13 heavy (non-hydrogen) atoms. The second-order valence-corrected chi connectivity index (χ2v) is 4.00. The number of halogens is 1. The Balaban J connectivity index is 2.20. The van der Waals surface area contributed by atoms with Crippen LogP contribution < -0.4 is 0 Å². The summed E-state index contributed by atoms with van der Waals surface area (Å²) in [4.78, 5) is 0. The third-order valence-electron chi connectivity index (χ3n) is 2.44. The van der Waals surface area contributed by atoms with Gasteiger partial charge in [-0.05, 0) is 31.0 Å². The van der Waals surface area contributed by atoms with E-state index in [0.717, 1.165) is 10.5 Å². The Morgan fingerprint density at radius 3 is 3.00 bits per heavy atom. The molecular weight excluding hydrogens is 184 g/mol. The highest BCUT2D eigenvalue weighted by molar-refractivity contribution is 6.30. The molecule has 1 aliphatic rings. The van der Waals surface area contributed by atoms with Crippen LogP contribution in [0.2, 0.25) is 5.02 Å². The molecule has 3 heteroatoms. The molecule has 2 heterocycles. The SMILES string of the molecule is Clc1ccc2cc(C3CC3)nn2c1. The third kappa shape index (κ3) is 1.22. The van der Waals surface area contributed by atoms with E-state index in [1.807, 2.05) is 22.8 Å². The third-order valence-corrected chi connectivity index (χ3v) is 2.66. The van der Waals surface area contributed by atoms with E-state index in [0.29, 0.717) is 5.92 Å². The zero-order valence-corrected chi connectivity index (χ0v) is 7.83. The van der Waals surface area contributed by atoms with E-state index in [1.54, 1.807) is 0 Å². The van der Waals surface area contributed by atoms with E-state index in [-0.39, 0.29) is 0 Å². The van der Waals surface area contributed by atoms with E-state index in [2.05, 4.69) is 11.2 Å². The first-order valence-corrected chi connectivity index (χ1v) is 4.85. The highest BCUT2D eigenvalue weighted by atomic mass is 35.5. The van der Waals surface area contributed by atoms with Crippen molar-refractivity contribution in [1.82, 2.24) is 9.61 Å². The fourth-order valence-corrected chi connectivity index (χ4v) is 1.72. The summed E-state index contributed by atoms with van der Waals surface area (Å²) in [7, 11) is 0. The van der Waals surface area contributed by atoms with Gasteiger partial charge < -0.3 is 0 Å².